The molecule has 3 amide bonds. The van der Waals surface area contributed by atoms with Gasteiger partial charge >= 0.3 is 12.1 Å². The molecule has 5 aliphatic rings. The van der Waals surface area contributed by atoms with Crippen LogP contribution >= 0.6 is 11.3 Å². The Morgan fingerprint density at radius 2 is 1.72 bits per heavy atom. The van der Waals surface area contributed by atoms with Crippen molar-refractivity contribution in [2.45, 2.75) is 139 Å². The zero-order chi connectivity index (χ0) is 40.2. The third-order valence-electron chi connectivity index (χ3n) is 12.5. The van der Waals surface area contributed by atoms with E-state index >= 15 is 0 Å². The Balaban J connectivity index is 1.09. The van der Waals surface area contributed by atoms with Crippen LogP contribution in [0.1, 0.15) is 103 Å². The quantitative estimate of drug-likeness (QED) is 0.164. The smallest absolute Gasteiger partial charge is 0.408 e. The average Bonchev–Trinajstić information content (AvgIpc) is 3.65. The van der Waals surface area contributed by atoms with E-state index in [1.165, 1.54) is 35.5 Å². The number of aromatic nitrogens is 2. The van der Waals surface area contributed by atoms with Gasteiger partial charge in [-0.2, -0.15) is 0 Å². The minimum absolute atomic E-state index is 0.0393. The second-order valence-corrected chi connectivity index (χ2v) is 17.4. The number of nitrogens with zero attached hydrogens (tertiary/aromatic N) is 3. The highest BCUT2D eigenvalue weighted by molar-refractivity contribution is 7.14. The number of pyridine rings is 1. The molecular formula is C43H54N6O8S. The van der Waals surface area contributed by atoms with Crippen molar-refractivity contribution in [3.05, 3.63) is 41.8 Å². The van der Waals surface area contributed by atoms with Crippen molar-refractivity contribution >= 4 is 51.2 Å². The molecule has 3 aromatic rings. The molecule has 4 N–H and O–H groups in total. The lowest BCUT2D eigenvalue weighted by molar-refractivity contribution is -0.145. The number of hydrogen-bond acceptors (Lipinski definition) is 11. The summed E-state index contributed by atoms with van der Waals surface area (Å²) >= 11 is 1.53. The van der Waals surface area contributed by atoms with E-state index in [1.54, 1.807) is 7.11 Å². The van der Waals surface area contributed by atoms with E-state index < -0.39 is 47.6 Å². The summed E-state index contributed by atoms with van der Waals surface area (Å²) in [7, 11) is 1.60. The topological polar surface area (TPSA) is 181 Å². The summed E-state index contributed by atoms with van der Waals surface area (Å²) in [5, 5.41) is 23.1. The number of carbonyl (C=O) groups excluding carboxylic acids is 3. The Hall–Kier alpha value is -4.92. The van der Waals surface area contributed by atoms with Crippen LogP contribution in [0.5, 0.6) is 11.5 Å². The Morgan fingerprint density at radius 1 is 0.948 bits per heavy atom. The van der Waals surface area contributed by atoms with Crippen LogP contribution in [0.4, 0.5) is 9.93 Å². The van der Waals surface area contributed by atoms with Gasteiger partial charge in [-0.05, 0) is 76.3 Å². The molecule has 1 unspecified atom stereocenters. The third kappa shape index (κ3) is 8.88. The summed E-state index contributed by atoms with van der Waals surface area (Å²) < 4.78 is 18.0. The number of alkyl carbamates (subject to hydrolysis) is 1. The molecule has 0 spiro atoms. The van der Waals surface area contributed by atoms with Crippen LogP contribution in [0.3, 0.4) is 0 Å². The van der Waals surface area contributed by atoms with Gasteiger partial charge in [0.25, 0.3) is 0 Å². The van der Waals surface area contributed by atoms with Gasteiger partial charge in [0.05, 0.1) is 24.9 Å². The summed E-state index contributed by atoms with van der Waals surface area (Å²) in [6.45, 7) is 0.0393. The SMILES string of the molecule is COc1ccc2c(O[C@@H]3C[C@H]4C(=O)N[C@]5(C(=O)O)CC5C=CCCCCC[C@H](NC(=O)OC5CCCC5)C(=O)N4C3)cc(-c3csc(NC4CCCCC4)n3)nc2c1. The number of aliphatic carboxylic acids is 1. The molecule has 4 fully saturated rings. The lowest BCUT2D eigenvalue weighted by Gasteiger charge is -2.29. The van der Waals surface area contributed by atoms with Crippen LogP contribution in [0.2, 0.25) is 0 Å². The standard InChI is InChI=1S/C43H54N6O8S/c1-55-29-18-19-31-33(20-29)45-34(35-25-58-41(46-35)44-27-13-7-5-8-14-27)22-37(31)56-30-21-36-38(50)48-43(40(52)53)23-26(43)12-6-3-2-4-9-17-32(39(51)49(36)24-30)47-42(54)57-28-15-10-11-16-28/h6,12,18-20,22,25-28,30,32,36H,2-5,7-11,13-17,21,23-24H2,1H3,(H,44,46)(H,47,54)(H,48,50)(H,52,53)/t26?,30-,32+,36+,43-/m1/s1. The van der Waals surface area contributed by atoms with Crippen molar-refractivity contribution < 1.29 is 38.5 Å². The van der Waals surface area contributed by atoms with E-state index in [4.69, 9.17) is 24.2 Å². The molecule has 310 valence electrons. The maximum absolute atomic E-state index is 14.6. The van der Waals surface area contributed by atoms with Gasteiger partial charge in [-0.25, -0.2) is 19.6 Å². The maximum Gasteiger partial charge on any atom is 0.408 e. The van der Waals surface area contributed by atoms with E-state index in [-0.39, 0.29) is 31.4 Å². The minimum atomic E-state index is -1.45. The molecule has 2 aliphatic heterocycles. The van der Waals surface area contributed by atoms with Crippen molar-refractivity contribution in [3.63, 3.8) is 0 Å². The molecule has 4 heterocycles. The number of thiazole rings is 1. The first-order valence-electron chi connectivity index (χ1n) is 21.1. The number of allylic oxidation sites excluding steroid dienone is 1. The number of fused-ring (bicyclic) bond motifs is 3. The fraction of sp³-hybridized carbons (Fsp3) is 0.581. The van der Waals surface area contributed by atoms with Gasteiger partial charge in [0.2, 0.25) is 11.8 Å². The number of carbonyl (C=O) groups is 4. The van der Waals surface area contributed by atoms with Crippen LogP contribution in [0.15, 0.2) is 41.8 Å². The Labute approximate surface area is 342 Å². The molecule has 8 rings (SSSR count). The molecule has 15 heteroatoms. The molecule has 0 bridgehead atoms. The summed E-state index contributed by atoms with van der Waals surface area (Å²) in [6, 6.07) is 5.80. The van der Waals surface area contributed by atoms with Gasteiger partial charge in [-0.1, -0.05) is 44.3 Å². The second-order valence-electron chi connectivity index (χ2n) is 16.5. The molecule has 0 radical (unpaired) electrons. The van der Waals surface area contributed by atoms with E-state index in [0.29, 0.717) is 52.7 Å². The largest absolute Gasteiger partial charge is 0.497 e. The fourth-order valence-electron chi connectivity index (χ4n) is 9.07. The number of amides is 3. The molecule has 1 saturated heterocycles. The Kier molecular flexibility index (Phi) is 12.0. The van der Waals surface area contributed by atoms with Crippen molar-refractivity contribution in [1.29, 1.82) is 0 Å². The molecule has 58 heavy (non-hydrogen) atoms. The number of hydrogen-bond donors (Lipinski definition) is 4. The maximum atomic E-state index is 14.6. The van der Waals surface area contributed by atoms with E-state index in [9.17, 15) is 24.3 Å². The van der Waals surface area contributed by atoms with Crippen LogP contribution in [-0.4, -0.2) is 93.4 Å². The summed E-state index contributed by atoms with van der Waals surface area (Å²) in [5.41, 5.74) is 0.477. The van der Waals surface area contributed by atoms with E-state index in [1.807, 2.05) is 41.8 Å². The molecule has 2 aromatic heterocycles. The number of methoxy groups -OCH3 is 1. The fourth-order valence-corrected chi connectivity index (χ4v) is 9.85. The van der Waals surface area contributed by atoms with Crippen molar-refractivity contribution in [2.24, 2.45) is 5.92 Å². The number of rotatable bonds is 9. The first-order chi connectivity index (χ1) is 28.2. The van der Waals surface area contributed by atoms with Gasteiger partial charge in [0.15, 0.2) is 5.13 Å². The molecule has 14 nitrogen and oxygen atoms in total. The Bertz CT molecular complexity index is 2030. The average molecular weight is 815 g/mol. The molecular weight excluding hydrogens is 761 g/mol. The summed E-state index contributed by atoms with van der Waals surface area (Å²) in [5.74, 6) is -1.32. The van der Waals surface area contributed by atoms with Gasteiger partial charge in [0.1, 0.15) is 47.0 Å². The zero-order valence-electron chi connectivity index (χ0n) is 33.1. The molecule has 1 aromatic carbocycles. The number of carboxylic acid groups (broad SMARTS) is 1. The lowest BCUT2D eigenvalue weighted by Crippen LogP contribution is -2.56. The summed E-state index contributed by atoms with van der Waals surface area (Å²) in [6.07, 6.45) is 15.7. The summed E-state index contributed by atoms with van der Waals surface area (Å²) in [4.78, 5) is 66.0. The van der Waals surface area contributed by atoms with Crippen molar-refractivity contribution in [1.82, 2.24) is 25.5 Å². The number of anilines is 1. The zero-order valence-corrected chi connectivity index (χ0v) is 33.9. The van der Waals surface area contributed by atoms with Crippen molar-refractivity contribution in [3.8, 4) is 22.9 Å². The van der Waals surface area contributed by atoms with Gasteiger partial charge in [-0.3, -0.25) is 9.59 Å². The normalized spacial score (nSPS) is 27.2. The van der Waals surface area contributed by atoms with Crippen LogP contribution in [0, 0.1) is 5.92 Å². The predicted octanol–water partition coefficient (Wildman–Crippen LogP) is 6.98. The van der Waals surface area contributed by atoms with E-state index in [0.717, 1.165) is 62.9 Å². The van der Waals surface area contributed by atoms with Gasteiger partial charge in [0, 0.05) is 41.3 Å². The predicted molar refractivity (Wildman–Crippen MR) is 219 cm³/mol. The second kappa shape index (κ2) is 17.5. The highest BCUT2D eigenvalue weighted by Crippen LogP contribution is 2.45. The molecule has 3 aliphatic carbocycles. The molecule has 3 saturated carbocycles. The van der Waals surface area contributed by atoms with Crippen LogP contribution in [0.25, 0.3) is 22.3 Å². The lowest BCUT2D eigenvalue weighted by atomic mass is 9.96. The first-order valence-corrected chi connectivity index (χ1v) is 21.9. The number of ether oxygens (including phenoxy) is 3. The molecule has 5 atom stereocenters. The van der Waals surface area contributed by atoms with Crippen molar-refractivity contribution in [2.75, 3.05) is 19.0 Å². The number of carboxylic acids is 1. The highest BCUT2D eigenvalue weighted by atomic mass is 32.1. The van der Waals surface area contributed by atoms with Gasteiger partial charge in [-0.15, -0.1) is 11.3 Å². The monoisotopic (exact) mass is 814 g/mol. The van der Waals surface area contributed by atoms with Gasteiger partial charge < -0.3 is 40.2 Å². The number of benzene rings is 1. The van der Waals surface area contributed by atoms with E-state index in [2.05, 4.69) is 16.0 Å². The third-order valence-corrected chi connectivity index (χ3v) is 13.2. The Morgan fingerprint density at radius 3 is 2.52 bits per heavy atom. The van der Waals surface area contributed by atoms with Crippen LogP contribution in [-0.2, 0) is 19.1 Å². The highest BCUT2D eigenvalue weighted by Gasteiger charge is 2.61. The number of nitrogens with one attached hydrogen (secondary N) is 3. The minimum Gasteiger partial charge on any atom is -0.497 e. The first kappa shape index (κ1) is 39.9. The van der Waals surface area contributed by atoms with Crippen LogP contribution < -0.4 is 25.4 Å².